The summed E-state index contributed by atoms with van der Waals surface area (Å²) in [6.07, 6.45) is 0.637. The van der Waals surface area contributed by atoms with E-state index in [1.807, 2.05) is 36.4 Å². The van der Waals surface area contributed by atoms with Crippen LogP contribution in [0.25, 0.3) is 10.8 Å². The number of aryl methyl sites for hydroxylation is 1. The molecule has 0 aliphatic rings. The predicted molar refractivity (Wildman–Crippen MR) is 123 cm³/mol. The van der Waals surface area contributed by atoms with Crippen LogP contribution in [-0.4, -0.2) is 24.9 Å². The summed E-state index contributed by atoms with van der Waals surface area (Å²) in [6.45, 7) is 3.44. The van der Waals surface area contributed by atoms with Crippen molar-refractivity contribution in [3.63, 3.8) is 0 Å². The summed E-state index contributed by atoms with van der Waals surface area (Å²) in [5.41, 5.74) is 2.31. The fraction of sp³-hybridized carbons (Fsp3) is 0.250. The molecule has 3 rings (SSSR count). The van der Waals surface area contributed by atoms with E-state index in [0.717, 1.165) is 21.2 Å². The Kier molecular flexibility index (Phi) is 8.30. The summed E-state index contributed by atoms with van der Waals surface area (Å²) in [5, 5.41) is 8.03. The van der Waals surface area contributed by atoms with Crippen LogP contribution in [0.5, 0.6) is 0 Å². The van der Waals surface area contributed by atoms with Crippen LogP contribution in [-0.2, 0) is 16.1 Å². The first-order valence-electron chi connectivity index (χ1n) is 10.1. The van der Waals surface area contributed by atoms with Gasteiger partial charge in [0.1, 0.15) is 0 Å². The van der Waals surface area contributed by atoms with E-state index in [9.17, 15) is 9.59 Å². The molecule has 0 radical (unpaired) electrons. The standard InChI is InChI=1S/C24H27N3O2S/c1-18-9-11-21(12-10-18)30-27-16-14-23(28)25-15-13-24(29)26-17-20-7-4-6-19-5-2-3-8-22(19)20/h2-12,27H,13-17H2,1H3,(H,25,28)(H,26,29). The van der Waals surface area contributed by atoms with Crippen molar-refractivity contribution in [2.45, 2.75) is 31.2 Å². The minimum absolute atomic E-state index is 0.0612. The molecule has 0 heterocycles. The molecule has 0 fully saturated rings. The molecule has 0 bridgehead atoms. The van der Waals surface area contributed by atoms with Crippen molar-refractivity contribution in [1.82, 2.24) is 15.4 Å². The van der Waals surface area contributed by atoms with Crippen LogP contribution in [0.1, 0.15) is 24.0 Å². The maximum absolute atomic E-state index is 12.1. The van der Waals surface area contributed by atoms with Crippen LogP contribution in [0.4, 0.5) is 0 Å². The minimum atomic E-state index is -0.0729. The van der Waals surface area contributed by atoms with E-state index in [2.05, 4.69) is 52.6 Å². The number of nitrogens with one attached hydrogen (secondary N) is 3. The molecule has 0 aromatic heterocycles. The monoisotopic (exact) mass is 421 g/mol. The molecule has 3 aromatic rings. The molecule has 156 valence electrons. The van der Waals surface area contributed by atoms with Crippen molar-refractivity contribution < 1.29 is 9.59 Å². The molecule has 0 atom stereocenters. The highest BCUT2D eigenvalue weighted by molar-refractivity contribution is 7.97. The van der Waals surface area contributed by atoms with Crippen molar-refractivity contribution in [1.29, 1.82) is 0 Å². The third kappa shape index (κ3) is 6.90. The van der Waals surface area contributed by atoms with Gasteiger partial charge in [-0.15, -0.1) is 0 Å². The lowest BCUT2D eigenvalue weighted by molar-refractivity contribution is -0.122. The summed E-state index contributed by atoms with van der Waals surface area (Å²) in [7, 11) is 0. The Morgan fingerprint density at radius 1 is 0.800 bits per heavy atom. The van der Waals surface area contributed by atoms with Gasteiger partial charge in [-0.3, -0.25) is 14.3 Å². The summed E-state index contributed by atoms with van der Waals surface area (Å²) < 4.78 is 3.18. The van der Waals surface area contributed by atoms with Gasteiger partial charge in [0.05, 0.1) is 0 Å². The Balaban J connectivity index is 1.29. The van der Waals surface area contributed by atoms with Gasteiger partial charge >= 0.3 is 0 Å². The third-order valence-corrected chi connectivity index (χ3v) is 5.55. The van der Waals surface area contributed by atoms with Gasteiger partial charge in [-0.1, -0.05) is 60.2 Å². The molecule has 2 amide bonds. The quantitative estimate of drug-likeness (QED) is 0.342. The molecule has 0 spiro atoms. The maximum Gasteiger partial charge on any atom is 0.222 e. The van der Waals surface area contributed by atoms with Crippen molar-refractivity contribution in [2.75, 3.05) is 13.1 Å². The molecular formula is C24H27N3O2S. The van der Waals surface area contributed by atoms with E-state index in [0.29, 0.717) is 26.1 Å². The number of amides is 2. The highest BCUT2D eigenvalue weighted by Gasteiger charge is 2.06. The minimum Gasteiger partial charge on any atom is -0.356 e. The number of benzene rings is 3. The zero-order chi connectivity index (χ0) is 21.2. The number of fused-ring (bicyclic) bond motifs is 1. The molecule has 0 unspecified atom stereocenters. The largest absolute Gasteiger partial charge is 0.356 e. The Morgan fingerprint density at radius 2 is 1.50 bits per heavy atom. The fourth-order valence-electron chi connectivity index (χ4n) is 3.04. The van der Waals surface area contributed by atoms with Crippen LogP contribution in [0.15, 0.2) is 71.6 Å². The van der Waals surface area contributed by atoms with Crippen LogP contribution in [0.3, 0.4) is 0 Å². The summed E-state index contributed by atoms with van der Waals surface area (Å²) in [6, 6.07) is 22.4. The first-order valence-corrected chi connectivity index (χ1v) is 10.9. The van der Waals surface area contributed by atoms with Crippen LogP contribution in [0, 0.1) is 6.92 Å². The van der Waals surface area contributed by atoms with Gasteiger partial charge in [-0.25, -0.2) is 0 Å². The Bertz CT molecular complexity index is 984. The number of hydrogen-bond donors (Lipinski definition) is 3. The average Bonchev–Trinajstić information content (AvgIpc) is 2.76. The van der Waals surface area contributed by atoms with E-state index in [1.165, 1.54) is 17.5 Å². The second-order valence-electron chi connectivity index (χ2n) is 7.07. The molecule has 3 N–H and O–H groups in total. The van der Waals surface area contributed by atoms with E-state index in [1.54, 1.807) is 0 Å². The zero-order valence-corrected chi connectivity index (χ0v) is 17.9. The molecule has 6 heteroatoms. The molecule has 0 aliphatic heterocycles. The summed E-state index contributed by atoms with van der Waals surface area (Å²) >= 11 is 1.51. The lowest BCUT2D eigenvalue weighted by Gasteiger charge is -2.09. The number of rotatable bonds is 10. The topological polar surface area (TPSA) is 70.2 Å². The first-order chi connectivity index (χ1) is 14.6. The smallest absolute Gasteiger partial charge is 0.222 e. The Labute approximate surface area is 181 Å². The molecular weight excluding hydrogens is 394 g/mol. The van der Waals surface area contributed by atoms with Gasteiger partial charge in [-0.05, 0) is 47.3 Å². The van der Waals surface area contributed by atoms with Gasteiger partial charge in [0.2, 0.25) is 11.8 Å². The van der Waals surface area contributed by atoms with Crippen molar-refractivity contribution >= 4 is 34.5 Å². The van der Waals surface area contributed by atoms with Crippen molar-refractivity contribution in [3.05, 3.63) is 77.9 Å². The van der Waals surface area contributed by atoms with Gasteiger partial charge in [-0.2, -0.15) is 0 Å². The number of carbonyl (C=O) groups excluding carboxylic acids is 2. The van der Waals surface area contributed by atoms with Gasteiger partial charge < -0.3 is 10.6 Å². The summed E-state index contributed by atoms with van der Waals surface area (Å²) in [5.74, 6) is -0.134. The molecule has 0 saturated carbocycles. The maximum atomic E-state index is 12.1. The van der Waals surface area contributed by atoms with E-state index < -0.39 is 0 Å². The van der Waals surface area contributed by atoms with Gasteiger partial charge in [0, 0.05) is 37.4 Å². The van der Waals surface area contributed by atoms with Crippen LogP contribution in [0.2, 0.25) is 0 Å². The molecule has 5 nitrogen and oxygen atoms in total. The van der Waals surface area contributed by atoms with Crippen molar-refractivity contribution in [2.24, 2.45) is 0 Å². The molecule has 30 heavy (non-hydrogen) atoms. The zero-order valence-electron chi connectivity index (χ0n) is 17.1. The number of hydrogen-bond acceptors (Lipinski definition) is 4. The second kappa shape index (κ2) is 11.4. The lowest BCUT2D eigenvalue weighted by Crippen LogP contribution is -2.31. The fourth-order valence-corrected chi connectivity index (χ4v) is 3.68. The average molecular weight is 422 g/mol. The molecule has 3 aromatic carbocycles. The Hall–Kier alpha value is -2.83. The predicted octanol–water partition coefficient (Wildman–Crippen LogP) is 3.96. The normalized spacial score (nSPS) is 10.7. The van der Waals surface area contributed by atoms with Crippen LogP contribution < -0.4 is 15.4 Å². The Morgan fingerprint density at radius 3 is 2.33 bits per heavy atom. The SMILES string of the molecule is Cc1ccc(SNCCC(=O)NCCC(=O)NCc2cccc3ccccc23)cc1. The van der Waals surface area contributed by atoms with E-state index in [-0.39, 0.29) is 18.2 Å². The first kappa shape index (κ1) is 21.9. The lowest BCUT2D eigenvalue weighted by atomic mass is 10.0. The highest BCUT2D eigenvalue weighted by Crippen LogP contribution is 2.18. The molecule has 0 aliphatic carbocycles. The van der Waals surface area contributed by atoms with E-state index in [4.69, 9.17) is 0 Å². The van der Waals surface area contributed by atoms with Crippen molar-refractivity contribution in [3.8, 4) is 0 Å². The second-order valence-corrected chi connectivity index (χ2v) is 8.04. The van der Waals surface area contributed by atoms with Gasteiger partial charge in [0.25, 0.3) is 0 Å². The molecule has 0 saturated heterocycles. The van der Waals surface area contributed by atoms with Crippen LogP contribution >= 0.6 is 11.9 Å². The number of carbonyl (C=O) groups is 2. The van der Waals surface area contributed by atoms with E-state index >= 15 is 0 Å². The summed E-state index contributed by atoms with van der Waals surface area (Å²) in [4.78, 5) is 25.1. The van der Waals surface area contributed by atoms with Gasteiger partial charge in [0.15, 0.2) is 0 Å². The highest BCUT2D eigenvalue weighted by atomic mass is 32.2. The third-order valence-electron chi connectivity index (χ3n) is 4.70.